The minimum absolute atomic E-state index is 0.154. The van der Waals surface area contributed by atoms with Gasteiger partial charge in [-0.1, -0.05) is 36.4 Å². The fourth-order valence-electron chi connectivity index (χ4n) is 3.47. The summed E-state index contributed by atoms with van der Waals surface area (Å²) in [5.74, 6) is 0.562. The second kappa shape index (κ2) is 8.79. The lowest BCUT2D eigenvalue weighted by molar-refractivity contribution is -0.122. The summed E-state index contributed by atoms with van der Waals surface area (Å²) in [6, 6.07) is 21.5. The van der Waals surface area contributed by atoms with Gasteiger partial charge in [-0.3, -0.25) is 9.36 Å². The zero-order chi connectivity index (χ0) is 21.8. The first-order valence-electron chi connectivity index (χ1n) is 9.74. The van der Waals surface area contributed by atoms with E-state index in [0.717, 1.165) is 22.6 Å². The number of ether oxygens (including phenoxy) is 2. The van der Waals surface area contributed by atoms with E-state index in [-0.39, 0.29) is 12.5 Å². The number of amides is 1. The second-order valence-corrected chi connectivity index (χ2v) is 6.97. The van der Waals surface area contributed by atoms with Gasteiger partial charge in [0.05, 0.1) is 25.8 Å². The Morgan fingerprint density at radius 3 is 2.00 bits per heavy atom. The number of hydrogen-bond donors (Lipinski definition) is 1. The highest BCUT2D eigenvalue weighted by Crippen LogP contribution is 2.26. The average Bonchev–Trinajstić information content (AvgIpc) is 3.12. The molecule has 0 aliphatic heterocycles. The van der Waals surface area contributed by atoms with Crippen molar-refractivity contribution < 1.29 is 18.7 Å². The summed E-state index contributed by atoms with van der Waals surface area (Å²) in [7, 11) is 3.20. The number of aromatic nitrogens is 1. The molecule has 1 heterocycles. The number of hydrogen-bond acceptors (Lipinski definition) is 5. The lowest BCUT2D eigenvalue weighted by atomic mass is 9.98. The van der Waals surface area contributed by atoms with Crippen LogP contribution in [0.4, 0.5) is 0 Å². The summed E-state index contributed by atoms with van der Waals surface area (Å²) < 4.78 is 17.0. The molecule has 31 heavy (non-hydrogen) atoms. The lowest BCUT2D eigenvalue weighted by Crippen LogP contribution is -2.34. The highest BCUT2D eigenvalue weighted by molar-refractivity contribution is 5.80. The number of carbonyl (C=O) groups is 1. The molecule has 0 spiro atoms. The van der Waals surface area contributed by atoms with E-state index in [1.807, 2.05) is 48.5 Å². The third-order valence-corrected chi connectivity index (χ3v) is 5.08. The minimum atomic E-state index is -0.568. The fraction of sp³-hybridized carbons (Fsp3) is 0.167. The molecule has 0 aliphatic rings. The zero-order valence-electron chi connectivity index (χ0n) is 17.2. The fourth-order valence-corrected chi connectivity index (χ4v) is 3.47. The molecule has 0 fully saturated rings. The van der Waals surface area contributed by atoms with E-state index in [9.17, 15) is 9.59 Å². The molecule has 158 valence electrons. The first-order chi connectivity index (χ1) is 15.1. The van der Waals surface area contributed by atoms with Crippen LogP contribution in [0.1, 0.15) is 17.2 Å². The van der Waals surface area contributed by atoms with Crippen LogP contribution >= 0.6 is 0 Å². The number of rotatable bonds is 7. The van der Waals surface area contributed by atoms with Crippen LogP contribution in [0.15, 0.2) is 82.0 Å². The molecule has 4 aromatic rings. The summed E-state index contributed by atoms with van der Waals surface area (Å²) >= 11 is 0. The molecule has 1 amide bonds. The highest BCUT2D eigenvalue weighted by atomic mass is 16.5. The Bertz CT molecular complexity index is 1190. The van der Waals surface area contributed by atoms with E-state index in [1.165, 1.54) is 4.57 Å². The number of nitrogens with zero attached hydrogens (tertiary/aromatic N) is 1. The molecule has 0 bridgehead atoms. The predicted molar refractivity (Wildman–Crippen MR) is 116 cm³/mol. The van der Waals surface area contributed by atoms with Crippen LogP contribution in [0.5, 0.6) is 11.5 Å². The van der Waals surface area contributed by atoms with Gasteiger partial charge < -0.3 is 19.2 Å². The van der Waals surface area contributed by atoms with Crippen LogP contribution < -0.4 is 20.5 Å². The molecule has 0 aliphatic carbocycles. The number of oxazole rings is 1. The van der Waals surface area contributed by atoms with Crippen molar-refractivity contribution in [2.45, 2.75) is 12.6 Å². The van der Waals surface area contributed by atoms with Crippen molar-refractivity contribution in [1.29, 1.82) is 0 Å². The van der Waals surface area contributed by atoms with Crippen LogP contribution in [-0.2, 0) is 11.3 Å². The van der Waals surface area contributed by atoms with Crippen LogP contribution in [0.25, 0.3) is 11.1 Å². The average molecular weight is 418 g/mol. The number of methoxy groups -OCH3 is 2. The summed E-state index contributed by atoms with van der Waals surface area (Å²) in [6.07, 6.45) is 0. The third kappa shape index (κ3) is 4.30. The molecule has 0 saturated heterocycles. The SMILES string of the molecule is COc1ccc(C(NC(=O)Cn2c(=O)oc3ccccc32)c2ccc(OC)cc2)cc1. The van der Waals surface area contributed by atoms with Crippen molar-refractivity contribution in [2.75, 3.05) is 14.2 Å². The zero-order valence-corrected chi connectivity index (χ0v) is 17.2. The number of carbonyl (C=O) groups excluding carboxylic acids is 1. The van der Waals surface area contributed by atoms with Gasteiger partial charge in [-0.25, -0.2) is 4.79 Å². The van der Waals surface area contributed by atoms with Crippen molar-refractivity contribution in [2.24, 2.45) is 0 Å². The number of nitrogens with one attached hydrogen (secondary N) is 1. The summed E-state index contributed by atoms with van der Waals surface area (Å²) in [5, 5.41) is 3.03. The molecule has 3 aromatic carbocycles. The van der Waals surface area contributed by atoms with E-state index < -0.39 is 11.8 Å². The molecule has 7 heteroatoms. The molecular weight excluding hydrogens is 396 g/mol. The molecular formula is C24H22N2O5. The molecule has 0 atom stereocenters. The van der Waals surface area contributed by atoms with Crippen molar-refractivity contribution in [3.05, 3.63) is 94.5 Å². The van der Waals surface area contributed by atoms with Gasteiger partial charge in [-0.05, 0) is 47.5 Å². The van der Waals surface area contributed by atoms with E-state index in [4.69, 9.17) is 13.9 Å². The number of para-hydroxylation sites is 2. The van der Waals surface area contributed by atoms with Gasteiger partial charge in [0.2, 0.25) is 5.91 Å². The van der Waals surface area contributed by atoms with Crippen LogP contribution in [0.3, 0.4) is 0 Å². The maximum absolute atomic E-state index is 12.9. The quantitative estimate of drug-likeness (QED) is 0.497. The predicted octanol–water partition coefficient (Wildman–Crippen LogP) is 3.52. The Balaban J connectivity index is 1.63. The maximum Gasteiger partial charge on any atom is 0.420 e. The maximum atomic E-state index is 12.9. The normalized spacial score (nSPS) is 10.9. The smallest absolute Gasteiger partial charge is 0.420 e. The molecule has 0 radical (unpaired) electrons. The van der Waals surface area contributed by atoms with Crippen molar-refractivity contribution in [3.63, 3.8) is 0 Å². The van der Waals surface area contributed by atoms with E-state index in [0.29, 0.717) is 11.1 Å². The van der Waals surface area contributed by atoms with Gasteiger partial charge in [0.1, 0.15) is 18.0 Å². The van der Waals surface area contributed by atoms with Crippen molar-refractivity contribution in [1.82, 2.24) is 9.88 Å². The van der Waals surface area contributed by atoms with Gasteiger partial charge in [-0.2, -0.15) is 0 Å². The van der Waals surface area contributed by atoms with Crippen LogP contribution in [0.2, 0.25) is 0 Å². The summed E-state index contributed by atoms with van der Waals surface area (Å²) in [4.78, 5) is 25.2. The molecule has 1 N–H and O–H groups in total. The lowest BCUT2D eigenvalue weighted by Gasteiger charge is -2.20. The molecule has 4 rings (SSSR count). The Hall–Kier alpha value is -4.00. The Kier molecular flexibility index (Phi) is 5.75. The van der Waals surface area contributed by atoms with Crippen molar-refractivity contribution >= 4 is 17.0 Å². The van der Waals surface area contributed by atoms with Gasteiger partial charge in [0, 0.05) is 0 Å². The van der Waals surface area contributed by atoms with Crippen LogP contribution in [-0.4, -0.2) is 24.7 Å². The number of fused-ring (bicyclic) bond motifs is 1. The van der Waals surface area contributed by atoms with Crippen molar-refractivity contribution in [3.8, 4) is 11.5 Å². The third-order valence-electron chi connectivity index (χ3n) is 5.08. The molecule has 7 nitrogen and oxygen atoms in total. The largest absolute Gasteiger partial charge is 0.497 e. The molecule has 0 unspecified atom stereocenters. The Morgan fingerprint density at radius 1 is 0.903 bits per heavy atom. The Labute approximate surface area is 178 Å². The Morgan fingerprint density at radius 2 is 1.45 bits per heavy atom. The number of benzene rings is 3. The minimum Gasteiger partial charge on any atom is -0.497 e. The molecule has 1 aromatic heterocycles. The first-order valence-corrected chi connectivity index (χ1v) is 9.74. The topological polar surface area (TPSA) is 82.7 Å². The summed E-state index contributed by atoms with van der Waals surface area (Å²) in [6.45, 7) is -0.154. The van der Waals surface area contributed by atoms with E-state index in [1.54, 1.807) is 38.5 Å². The van der Waals surface area contributed by atoms with Gasteiger partial charge >= 0.3 is 5.76 Å². The standard InChI is InChI=1S/C24H22N2O5/c1-29-18-11-7-16(8-12-18)23(17-9-13-19(30-2)14-10-17)25-22(27)15-26-20-5-3-4-6-21(20)31-24(26)28/h3-14,23H,15H2,1-2H3,(H,25,27). The van der Waals surface area contributed by atoms with E-state index >= 15 is 0 Å². The van der Waals surface area contributed by atoms with E-state index in [2.05, 4.69) is 5.32 Å². The summed E-state index contributed by atoms with van der Waals surface area (Å²) in [5.41, 5.74) is 2.78. The van der Waals surface area contributed by atoms with Gasteiger partial charge in [-0.15, -0.1) is 0 Å². The van der Waals surface area contributed by atoms with Crippen LogP contribution in [0, 0.1) is 0 Å². The first kappa shape index (κ1) is 20.3. The van der Waals surface area contributed by atoms with Gasteiger partial charge in [0.25, 0.3) is 0 Å². The monoisotopic (exact) mass is 418 g/mol. The second-order valence-electron chi connectivity index (χ2n) is 6.97. The highest BCUT2D eigenvalue weighted by Gasteiger charge is 2.19. The molecule has 0 saturated carbocycles. The van der Waals surface area contributed by atoms with Gasteiger partial charge in [0.15, 0.2) is 5.58 Å².